The van der Waals surface area contributed by atoms with Gasteiger partial charge in [-0.2, -0.15) is 0 Å². The molecule has 0 bridgehead atoms. The summed E-state index contributed by atoms with van der Waals surface area (Å²) in [5, 5.41) is 11.8. The van der Waals surface area contributed by atoms with Crippen molar-refractivity contribution in [3.05, 3.63) is 17.0 Å². The van der Waals surface area contributed by atoms with Crippen LogP contribution in [0.4, 0.5) is 5.13 Å². The van der Waals surface area contributed by atoms with E-state index >= 15 is 0 Å². The largest absolute Gasteiger partial charge is 0.414 e. The first-order valence-electron chi connectivity index (χ1n) is 8.09. The van der Waals surface area contributed by atoms with Crippen LogP contribution in [0.5, 0.6) is 0 Å². The number of thioether (sulfide) groups is 1. The summed E-state index contributed by atoms with van der Waals surface area (Å²) < 4.78 is 5.63. The second-order valence-corrected chi connectivity index (χ2v) is 7.90. The van der Waals surface area contributed by atoms with Gasteiger partial charge in [-0.3, -0.25) is 4.79 Å². The minimum atomic E-state index is 0.164. The van der Waals surface area contributed by atoms with Crippen molar-refractivity contribution in [3.8, 4) is 0 Å². The van der Waals surface area contributed by atoms with Crippen LogP contribution in [0.3, 0.4) is 0 Å². The Kier molecular flexibility index (Phi) is 4.45. The third-order valence-electron chi connectivity index (χ3n) is 4.23. The van der Waals surface area contributed by atoms with Gasteiger partial charge in [0, 0.05) is 37.2 Å². The fourth-order valence-corrected chi connectivity index (χ4v) is 4.31. The molecule has 24 heavy (non-hydrogen) atoms. The van der Waals surface area contributed by atoms with Crippen molar-refractivity contribution >= 4 is 34.1 Å². The molecule has 1 aliphatic heterocycles. The van der Waals surface area contributed by atoms with E-state index < -0.39 is 0 Å². The van der Waals surface area contributed by atoms with E-state index in [9.17, 15) is 4.79 Å². The average Bonchev–Trinajstić information content (AvgIpc) is 2.95. The third-order valence-corrected chi connectivity index (χ3v) is 6.06. The van der Waals surface area contributed by atoms with Crippen LogP contribution >= 0.6 is 23.1 Å². The summed E-state index contributed by atoms with van der Waals surface area (Å²) in [7, 11) is 2.11. The number of likely N-dealkylation sites (tertiary alicyclic amines) is 1. The number of amides is 1. The average molecular weight is 365 g/mol. The number of carbonyl (C=O) groups excluding carboxylic acids is 1. The molecule has 0 spiro atoms. The molecule has 0 atom stereocenters. The van der Waals surface area contributed by atoms with E-state index in [-0.39, 0.29) is 5.91 Å². The van der Waals surface area contributed by atoms with E-state index in [4.69, 9.17) is 4.42 Å². The van der Waals surface area contributed by atoms with Gasteiger partial charge < -0.3 is 14.2 Å². The standard InChI is InChI=1S/C15H19N5O2S2/c1-19(11-4-5-11)14-16-10(8-23-14)9-24-15-18-17-12(22-15)7-20-6-2-3-13(20)21/h8,11H,2-7,9H2,1H3. The van der Waals surface area contributed by atoms with Crippen LogP contribution in [0.1, 0.15) is 37.3 Å². The lowest BCUT2D eigenvalue weighted by molar-refractivity contribution is -0.128. The molecule has 2 fully saturated rings. The molecule has 1 amide bonds. The highest BCUT2D eigenvalue weighted by molar-refractivity contribution is 7.98. The topological polar surface area (TPSA) is 75.4 Å². The van der Waals surface area contributed by atoms with Gasteiger partial charge in [0.25, 0.3) is 5.22 Å². The fraction of sp³-hybridized carbons (Fsp3) is 0.600. The van der Waals surface area contributed by atoms with Crippen LogP contribution in [0, 0.1) is 0 Å². The molecule has 128 valence electrons. The van der Waals surface area contributed by atoms with Crippen molar-refractivity contribution in [2.45, 2.75) is 49.2 Å². The number of thiazole rings is 1. The van der Waals surface area contributed by atoms with E-state index in [0.29, 0.717) is 35.9 Å². The van der Waals surface area contributed by atoms with Crippen LogP contribution in [-0.2, 0) is 17.1 Å². The number of hydrogen-bond acceptors (Lipinski definition) is 8. The molecule has 1 aliphatic carbocycles. The van der Waals surface area contributed by atoms with E-state index in [0.717, 1.165) is 23.8 Å². The Bertz CT molecular complexity index is 727. The molecule has 3 heterocycles. The van der Waals surface area contributed by atoms with Crippen molar-refractivity contribution in [2.24, 2.45) is 0 Å². The van der Waals surface area contributed by atoms with Crippen LogP contribution in [0.2, 0.25) is 0 Å². The molecule has 4 rings (SSSR count). The van der Waals surface area contributed by atoms with Gasteiger partial charge in [0.15, 0.2) is 5.13 Å². The van der Waals surface area contributed by atoms with E-state index in [1.54, 1.807) is 16.2 Å². The predicted molar refractivity (Wildman–Crippen MR) is 92.0 cm³/mol. The Labute approximate surface area is 148 Å². The highest BCUT2D eigenvalue weighted by Crippen LogP contribution is 2.33. The number of carbonyl (C=O) groups is 1. The molecule has 0 aromatic carbocycles. The maximum absolute atomic E-state index is 11.6. The zero-order valence-electron chi connectivity index (χ0n) is 13.5. The summed E-state index contributed by atoms with van der Waals surface area (Å²) >= 11 is 3.16. The molecule has 7 nitrogen and oxygen atoms in total. The maximum atomic E-state index is 11.6. The molecular formula is C15H19N5O2S2. The number of hydrogen-bond donors (Lipinski definition) is 0. The van der Waals surface area contributed by atoms with Crippen molar-refractivity contribution in [3.63, 3.8) is 0 Å². The second kappa shape index (κ2) is 6.72. The van der Waals surface area contributed by atoms with E-state index in [1.165, 1.54) is 24.6 Å². The Morgan fingerprint density at radius 3 is 3.08 bits per heavy atom. The number of nitrogens with zero attached hydrogens (tertiary/aromatic N) is 5. The van der Waals surface area contributed by atoms with Crippen molar-refractivity contribution in [1.29, 1.82) is 0 Å². The normalized spacial score (nSPS) is 17.7. The number of rotatable bonds is 7. The van der Waals surface area contributed by atoms with Crippen molar-refractivity contribution in [2.75, 3.05) is 18.5 Å². The SMILES string of the molecule is CN(c1nc(CSc2nnc(CN3CCCC3=O)o2)cs1)C1CC1. The highest BCUT2D eigenvalue weighted by Gasteiger charge is 2.28. The first kappa shape index (κ1) is 15.9. The smallest absolute Gasteiger partial charge is 0.277 e. The lowest BCUT2D eigenvalue weighted by atomic mass is 10.4. The predicted octanol–water partition coefficient (Wildman–Crippen LogP) is 2.54. The first-order chi connectivity index (χ1) is 11.7. The molecule has 1 saturated heterocycles. The fourth-order valence-electron chi connectivity index (χ4n) is 2.67. The zero-order valence-corrected chi connectivity index (χ0v) is 15.1. The molecule has 1 saturated carbocycles. The van der Waals surface area contributed by atoms with Gasteiger partial charge in [0.05, 0.1) is 12.2 Å². The number of anilines is 1. The van der Waals surface area contributed by atoms with Gasteiger partial charge in [-0.15, -0.1) is 21.5 Å². The van der Waals surface area contributed by atoms with Gasteiger partial charge in [-0.05, 0) is 19.3 Å². The van der Waals surface area contributed by atoms with Crippen LogP contribution in [-0.4, -0.2) is 45.6 Å². The molecular weight excluding hydrogens is 346 g/mol. The molecule has 2 aromatic rings. The summed E-state index contributed by atoms with van der Waals surface area (Å²) in [6, 6.07) is 0.670. The molecule has 9 heteroatoms. The Morgan fingerprint density at radius 2 is 2.33 bits per heavy atom. The van der Waals surface area contributed by atoms with Gasteiger partial charge in [0.1, 0.15) is 0 Å². The second-order valence-electron chi connectivity index (χ2n) is 6.13. The molecule has 0 radical (unpaired) electrons. The van der Waals surface area contributed by atoms with E-state index in [2.05, 4.69) is 32.5 Å². The molecule has 2 aliphatic rings. The number of aromatic nitrogens is 3. The highest BCUT2D eigenvalue weighted by atomic mass is 32.2. The molecule has 0 unspecified atom stereocenters. The summed E-state index contributed by atoms with van der Waals surface area (Å²) in [5.74, 6) is 1.37. The van der Waals surface area contributed by atoms with Gasteiger partial charge >= 0.3 is 0 Å². The summed E-state index contributed by atoms with van der Waals surface area (Å²) in [6.07, 6.45) is 4.07. The minimum Gasteiger partial charge on any atom is -0.414 e. The zero-order chi connectivity index (χ0) is 16.5. The third kappa shape index (κ3) is 3.56. The summed E-state index contributed by atoms with van der Waals surface area (Å²) in [6.45, 7) is 1.19. The van der Waals surface area contributed by atoms with Gasteiger partial charge in [-0.25, -0.2) is 4.98 Å². The Balaban J connectivity index is 1.30. The summed E-state index contributed by atoms with van der Waals surface area (Å²) in [5.41, 5.74) is 1.03. The lowest BCUT2D eigenvalue weighted by Crippen LogP contribution is -2.23. The minimum absolute atomic E-state index is 0.164. The molecule has 0 N–H and O–H groups in total. The van der Waals surface area contributed by atoms with E-state index in [1.807, 2.05) is 0 Å². The monoisotopic (exact) mass is 365 g/mol. The lowest BCUT2D eigenvalue weighted by Gasteiger charge is -2.13. The van der Waals surface area contributed by atoms with Crippen LogP contribution in [0.15, 0.2) is 15.0 Å². The summed E-state index contributed by atoms with van der Waals surface area (Å²) in [4.78, 5) is 20.3. The van der Waals surface area contributed by atoms with Crippen molar-refractivity contribution < 1.29 is 9.21 Å². The van der Waals surface area contributed by atoms with Crippen molar-refractivity contribution in [1.82, 2.24) is 20.1 Å². The Morgan fingerprint density at radius 1 is 1.46 bits per heavy atom. The molecule has 2 aromatic heterocycles. The maximum Gasteiger partial charge on any atom is 0.277 e. The van der Waals surface area contributed by atoms with Crippen LogP contribution < -0.4 is 4.90 Å². The van der Waals surface area contributed by atoms with Gasteiger partial charge in [-0.1, -0.05) is 11.8 Å². The first-order valence-corrected chi connectivity index (χ1v) is 9.96. The quantitative estimate of drug-likeness (QED) is 0.698. The Hall–Kier alpha value is -1.61. The van der Waals surface area contributed by atoms with Gasteiger partial charge in [0.2, 0.25) is 11.8 Å². The van der Waals surface area contributed by atoms with Crippen LogP contribution in [0.25, 0.3) is 0 Å².